The number of guanidine groups is 1. The highest BCUT2D eigenvalue weighted by atomic mass is 127. The molecule has 0 saturated carbocycles. The molecule has 1 fully saturated rings. The zero-order valence-corrected chi connectivity index (χ0v) is 21.4. The maximum atomic E-state index is 12.3. The minimum Gasteiger partial charge on any atom is -0.356 e. The van der Waals surface area contributed by atoms with Crippen LogP contribution in [0.25, 0.3) is 0 Å². The number of likely N-dealkylation sites (tertiary alicyclic amines) is 1. The van der Waals surface area contributed by atoms with Crippen molar-refractivity contribution in [1.82, 2.24) is 10.2 Å². The van der Waals surface area contributed by atoms with Crippen molar-refractivity contribution in [2.24, 2.45) is 10.9 Å². The molecule has 1 heterocycles. The summed E-state index contributed by atoms with van der Waals surface area (Å²) in [5, 5.41) is 3.35. The van der Waals surface area contributed by atoms with E-state index in [2.05, 4.69) is 45.5 Å². The molecule has 1 aliphatic rings. The third kappa shape index (κ3) is 8.80. The van der Waals surface area contributed by atoms with E-state index in [1.165, 1.54) is 5.56 Å². The zero-order chi connectivity index (χ0) is 21.2. The Balaban J connectivity index is 0.00000341. The van der Waals surface area contributed by atoms with E-state index >= 15 is 0 Å². The van der Waals surface area contributed by atoms with Gasteiger partial charge in [0.1, 0.15) is 0 Å². The van der Waals surface area contributed by atoms with Crippen LogP contribution in [0.3, 0.4) is 0 Å². The number of piperidine rings is 1. The van der Waals surface area contributed by atoms with Crippen LogP contribution in [-0.4, -0.2) is 51.7 Å². The first kappa shape index (κ1) is 25.6. The first-order valence-electron chi connectivity index (χ1n) is 10.8. The molecule has 0 amide bonds. The Labute approximate surface area is 204 Å². The minimum atomic E-state index is -3.09. The number of sulfone groups is 1. The van der Waals surface area contributed by atoms with E-state index < -0.39 is 9.84 Å². The molecule has 0 unspecified atom stereocenters. The van der Waals surface area contributed by atoms with Crippen LogP contribution >= 0.6 is 24.0 Å². The average molecular weight is 556 g/mol. The molecule has 1 aliphatic heterocycles. The summed E-state index contributed by atoms with van der Waals surface area (Å²) in [6, 6.07) is 20.1. The van der Waals surface area contributed by atoms with Crippen molar-refractivity contribution >= 4 is 39.8 Å². The molecule has 0 aliphatic carbocycles. The fraction of sp³-hybridized carbons (Fsp3) is 0.458. The molecule has 0 radical (unpaired) electrons. The summed E-state index contributed by atoms with van der Waals surface area (Å²) >= 11 is 0. The van der Waals surface area contributed by atoms with Crippen LogP contribution in [0.5, 0.6) is 0 Å². The second-order valence-electron chi connectivity index (χ2n) is 8.03. The molecule has 7 heteroatoms. The first-order valence-corrected chi connectivity index (χ1v) is 12.6. The maximum absolute atomic E-state index is 12.3. The summed E-state index contributed by atoms with van der Waals surface area (Å²) in [5.41, 5.74) is 2.26. The SMILES string of the molecule is CN=C(NCCCS(=O)(=O)Cc1ccccc1)N1CCC(Cc2ccccc2)CC1.I. The van der Waals surface area contributed by atoms with Crippen LogP contribution in [0.15, 0.2) is 65.7 Å². The number of hydrogen-bond donors (Lipinski definition) is 1. The second-order valence-corrected chi connectivity index (χ2v) is 10.2. The van der Waals surface area contributed by atoms with Crippen molar-refractivity contribution in [3.05, 3.63) is 71.8 Å². The molecular formula is C24H34IN3O2S. The quantitative estimate of drug-likeness (QED) is 0.230. The highest BCUT2D eigenvalue weighted by molar-refractivity contribution is 14.0. The normalized spacial score (nSPS) is 15.4. The van der Waals surface area contributed by atoms with Gasteiger partial charge in [0, 0.05) is 26.7 Å². The molecule has 0 spiro atoms. The summed E-state index contributed by atoms with van der Waals surface area (Å²) in [6.45, 7) is 2.59. The Morgan fingerprint density at radius 1 is 1.00 bits per heavy atom. The van der Waals surface area contributed by atoms with E-state index in [1.54, 1.807) is 7.05 Å². The average Bonchev–Trinajstić information content (AvgIpc) is 2.76. The number of halogens is 1. The van der Waals surface area contributed by atoms with Crippen molar-refractivity contribution in [1.29, 1.82) is 0 Å². The van der Waals surface area contributed by atoms with Crippen LogP contribution < -0.4 is 5.32 Å². The van der Waals surface area contributed by atoms with E-state index in [-0.39, 0.29) is 35.5 Å². The molecule has 0 atom stereocenters. The molecule has 2 aromatic rings. The lowest BCUT2D eigenvalue weighted by Crippen LogP contribution is -2.46. The Bertz CT molecular complexity index is 897. The highest BCUT2D eigenvalue weighted by Crippen LogP contribution is 2.21. The van der Waals surface area contributed by atoms with Gasteiger partial charge in [-0.25, -0.2) is 8.42 Å². The van der Waals surface area contributed by atoms with Crippen molar-refractivity contribution in [3.63, 3.8) is 0 Å². The number of nitrogens with one attached hydrogen (secondary N) is 1. The Hall–Kier alpha value is -1.61. The summed E-state index contributed by atoms with van der Waals surface area (Å²) < 4.78 is 24.7. The van der Waals surface area contributed by atoms with Gasteiger partial charge in [-0.15, -0.1) is 24.0 Å². The lowest BCUT2D eigenvalue weighted by atomic mass is 9.90. The van der Waals surface area contributed by atoms with Gasteiger partial charge < -0.3 is 10.2 Å². The topological polar surface area (TPSA) is 61.8 Å². The predicted octanol–water partition coefficient (Wildman–Crippen LogP) is 4.14. The molecule has 2 aromatic carbocycles. The third-order valence-corrected chi connectivity index (χ3v) is 7.32. The van der Waals surface area contributed by atoms with Crippen LogP contribution in [-0.2, 0) is 22.0 Å². The van der Waals surface area contributed by atoms with Gasteiger partial charge in [0.15, 0.2) is 15.8 Å². The van der Waals surface area contributed by atoms with Crippen molar-refractivity contribution in [3.8, 4) is 0 Å². The van der Waals surface area contributed by atoms with Crippen LogP contribution in [0.1, 0.15) is 30.4 Å². The van der Waals surface area contributed by atoms with E-state index in [0.717, 1.165) is 43.9 Å². The largest absolute Gasteiger partial charge is 0.356 e. The van der Waals surface area contributed by atoms with E-state index in [0.29, 0.717) is 18.9 Å². The molecular weight excluding hydrogens is 521 g/mol. The Morgan fingerprint density at radius 3 is 2.16 bits per heavy atom. The number of nitrogens with zero attached hydrogens (tertiary/aromatic N) is 2. The maximum Gasteiger partial charge on any atom is 0.193 e. The highest BCUT2D eigenvalue weighted by Gasteiger charge is 2.21. The fourth-order valence-corrected chi connectivity index (χ4v) is 5.45. The van der Waals surface area contributed by atoms with Crippen molar-refractivity contribution in [2.75, 3.05) is 32.4 Å². The van der Waals surface area contributed by atoms with Crippen molar-refractivity contribution < 1.29 is 8.42 Å². The molecule has 1 N–H and O–H groups in total. The van der Waals surface area contributed by atoms with E-state index in [1.807, 2.05) is 30.3 Å². The molecule has 1 saturated heterocycles. The standard InChI is InChI=1S/C24H33N3O2S.HI/c1-25-24(26-15-8-18-30(28,29)20-23-11-6-3-7-12-23)27-16-13-22(14-17-27)19-21-9-4-2-5-10-21;/h2-7,9-12,22H,8,13-20H2,1H3,(H,25,26);1H. The van der Waals surface area contributed by atoms with Crippen LogP contribution in [0, 0.1) is 5.92 Å². The number of hydrogen-bond acceptors (Lipinski definition) is 3. The fourth-order valence-electron chi connectivity index (χ4n) is 4.02. The zero-order valence-electron chi connectivity index (χ0n) is 18.2. The monoisotopic (exact) mass is 555 g/mol. The molecule has 5 nitrogen and oxygen atoms in total. The van der Waals surface area contributed by atoms with Gasteiger partial charge in [-0.05, 0) is 42.7 Å². The third-order valence-electron chi connectivity index (χ3n) is 5.64. The summed E-state index contributed by atoms with van der Waals surface area (Å²) in [7, 11) is -1.30. The van der Waals surface area contributed by atoms with Crippen molar-refractivity contribution in [2.45, 2.75) is 31.4 Å². The summed E-state index contributed by atoms with van der Waals surface area (Å²) in [5.74, 6) is 1.89. The van der Waals surface area contributed by atoms with Gasteiger partial charge >= 0.3 is 0 Å². The smallest absolute Gasteiger partial charge is 0.193 e. The summed E-state index contributed by atoms with van der Waals surface area (Å²) in [6.07, 6.45) is 4.03. The predicted molar refractivity (Wildman–Crippen MR) is 140 cm³/mol. The van der Waals surface area contributed by atoms with Gasteiger partial charge in [-0.2, -0.15) is 0 Å². The number of rotatable bonds is 8. The minimum absolute atomic E-state index is 0. The second kappa shape index (κ2) is 13.1. The lowest BCUT2D eigenvalue weighted by Gasteiger charge is -2.34. The molecule has 3 rings (SSSR count). The van der Waals surface area contributed by atoms with Crippen LogP contribution in [0.4, 0.5) is 0 Å². The summed E-state index contributed by atoms with van der Waals surface area (Å²) in [4.78, 5) is 6.70. The lowest BCUT2D eigenvalue weighted by molar-refractivity contribution is 0.259. The Morgan fingerprint density at radius 2 is 1.58 bits per heavy atom. The van der Waals surface area contributed by atoms with E-state index in [9.17, 15) is 8.42 Å². The first-order chi connectivity index (χ1) is 14.6. The van der Waals surface area contributed by atoms with Gasteiger partial charge in [0.25, 0.3) is 0 Å². The molecule has 0 bridgehead atoms. The molecule has 0 aromatic heterocycles. The van der Waals surface area contributed by atoms with E-state index in [4.69, 9.17) is 0 Å². The number of aliphatic imine (C=N–C) groups is 1. The van der Waals surface area contributed by atoms with Gasteiger partial charge in [0.05, 0.1) is 11.5 Å². The Kier molecular flexibility index (Phi) is 10.8. The van der Waals surface area contributed by atoms with Crippen LogP contribution in [0.2, 0.25) is 0 Å². The molecule has 170 valence electrons. The molecule has 31 heavy (non-hydrogen) atoms. The van der Waals surface area contributed by atoms with Gasteiger partial charge in [-0.1, -0.05) is 60.7 Å². The van der Waals surface area contributed by atoms with Gasteiger partial charge in [0.2, 0.25) is 0 Å². The van der Waals surface area contributed by atoms with Gasteiger partial charge in [-0.3, -0.25) is 4.99 Å². The number of benzene rings is 2.